The van der Waals surface area contributed by atoms with Crippen LogP contribution in [0, 0.1) is 0 Å². The zero-order chi connectivity index (χ0) is 12.4. The van der Waals surface area contributed by atoms with Crippen molar-refractivity contribution < 1.29 is 5.11 Å². The average molecular weight is 244 g/mol. The van der Waals surface area contributed by atoms with Crippen LogP contribution >= 0.6 is 0 Å². The number of benzene rings is 1. The molecule has 0 atom stereocenters. The molecule has 1 aromatic rings. The van der Waals surface area contributed by atoms with E-state index < -0.39 is 0 Å². The second kappa shape index (κ2) is 5.02. The zero-order valence-electron chi connectivity index (χ0n) is 10.7. The molecule has 0 radical (unpaired) electrons. The molecule has 1 heterocycles. The zero-order valence-corrected chi connectivity index (χ0v) is 10.7. The summed E-state index contributed by atoms with van der Waals surface area (Å²) in [6, 6.07) is 8.35. The first-order valence-electron chi connectivity index (χ1n) is 6.82. The summed E-state index contributed by atoms with van der Waals surface area (Å²) in [4.78, 5) is 2.47. The number of anilines is 2. The first-order chi connectivity index (χ1) is 8.88. The Morgan fingerprint density at radius 2 is 1.83 bits per heavy atom. The first kappa shape index (κ1) is 11.6. The molecule has 1 aliphatic carbocycles. The number of aliphatic hydroxyl groups is 1. The summed E-state index contributed by atoms with van der Waals surface area (Å²) in [7, 11) is 0. The quantitative estimate of drug-likeness (QED) is 0.802. The second-order valence-corrected chi connectivity index (χ2v) is 5.04. The van der Waals surface area contributed by atoms with Crippen molar-refractivity contribution in [3.63, 3.8) is 0 Å². The standard InChI is InChI=1S/C15H20N2O/c18-11-16-13-5-7-14(8-6-13)17-10-9-12-3-1-2-4-15(12)17/h5-8,16,18H,1-4,9-11H2. The normalized spacial score (nSPS) is 19.1. The van der Waals surface area contributed by atoms with Crippen molar-refractivity contribution in [3.05, 3.63) is 35.5 Å². The van der Waals surface area contributed by atoms with Gasteiger partial charge in [-0.05, 0) is 61.9 Å². The summed E-state index contributed by atoms with van der Waals surface area (Å²) < 4.78 is 0. The largest absolute Gasteiger partial charge is 0.377 e. The van der Waals surface area contributed by atoms with Gasteiger partial charge in [0.05, 0.1) is 0 Å². The van der Waals surface area contributed by atoms with E-state index in [1.165, 1.54) is 37.8 Å². The van der Waals surface area contributed by atoms with E-state index in [1.807, 2.05) is 12.1 Å². The van der Waals surface area contributed by atoms with Crippen LogP contribution in [-0.2, 0) is 0 Å². The van der Waals surface area contributed by atoms with Crippen molar-refractivity contribution in [2.45, 2.75) is 32.1 Å². The summed E-state index contributed by atoms with van der Waals surface area (Å²) in [5, 5.41) is 11.7. The monoisotopic (exact) mass is 244 g/mol. The van der Waals surface area contributed by atoms with Gasteiger partial charge in [-0.2, -0.15) is 0 Å². The molecule has 0 spiro atoms. The maximum absolute atomic E-state index is 8.83. The summed E-state index contributed by atoms with van der Waals surface area (Å²) in [6.07, 6.45) is 6.49. The average Bonchev–Trinajstić information content (AvgIpc) is 2.84. The van der Waals surface area contributed by atoms with Crippen molar-refractivity contribution in [1.29, 1.82) is 0 Å². The Morgan fingerprint density at radius 3 is 2.61 bits per heavy atom. The summed E-state index contributed by atoms with van der Waals surface area (Å²) >= 11 is 0. The van der Waals surface area contributed by atoms with Gasteiger partial charge >= 0.3 is 0 Å². The Labute approximate surface area is 108 Å². The van der Waals surface area contributed by atoms with Gasteiger partial charge in [-0.1, -0.05) is 0 Å². The maximum atomic E-state index is 8.83. The van der Waals surface area contributed by atoms with E-state index in [-0.39, 0.29) is 6.73 Å². The van der Waals surface area contributed by atoms with Gasteiger partial charge in [0.15, 0.2) is 0 Å². The smallest absolute Gasteiger partial charge is 0.113 e. The van der Waals surface area contributed by atoms with Gasteiger partial charge in [-0.3, -0.25) is 0 Å². The minimum absolute atomic E-state index is 0.0155. The van der Waals surface area contributed by atoms with Crippen LogP contribution in [0.2, 0.25) is 0 Å². The molecule has 0 bridgehead atoms. The number of allylic oxidation sites excluding steroid dienone is 1. The van der Waals surface area contributed by atoms with E-state index in [9.17, 15) is 0 Å². The van der Waals surface area contributed by atoms with Crippen LogP contribution in [-0.4, -0.2) is 18.4 Å². The predicted octanol–water partition coefficient (Wildman–Crippen LogP) is 3.09. The number of nitrogens with zero attached hydrogens (tertiary/aromatic N) is 1. The SMILES string of the molecule is OCNc1ccc(N2CCC3=C2CCCC3)cc1. The molecule has 1 aliphatic heterocycles. The second-order valence-electron chi connectivity index (χ2n) is 5.04. The lowest BCUT2D eigenvalue weighted by Crippen LogP contribution is -2.19. The highest BCUT2D eigenvalue weighted by Gasteiger charge is 2.25. The van der Waals surface area contributed by atoms with E-state index >= 15 is 0 Å². The lowest BCUT2D eigenvalue weighted by atomic mass is 9.96. The van der Waals surface area contributed by atoms with E-state index in [0.717, 1.165) is 12.2 Å². The van der Waals surface area contributed by atoms with E-state index in [4.69, 9.17) is 5.11 Å². The fourth-order valence-electron chi connectivity index (χ4n) is 3.06. The van der Waals surface area contributed by atoms with Gasteiger partial charge < -0.3 is 15.3 Å². The number of hydrogen-bond acceptors (Lipinski definition) is 3. The molecule has 2 N–H and O–H groups in total. The fraction of sp³-hybridized carbons (Fsp3) is 0.467. The highest BCUT2D eigenvalue weighted by atomic mass is 16.3. The lowest BCUT2D eigenvalue weighted by Gasteiger charge is -2.25. The van der Waals surface area contributed by atoms with Crippen LogP contribution in [0.15, 0.2) is 35.5 Å². The Kier molecular flexibility index (Phi) is 3.24. The Bertz CT molecular complexity index is 450. The minimum atomic E-state index is -0.0155. The molecule has 96 valence electrons. The molecule has 0 fully saturated rings. The summed E-state index contributed by atoms with van der Waals surface area (Å²) in [5.41, 5.74) is 5.51. The van der Waals surface area contributed by atoms with Crippen molar-refractivity contribution in [3.8, 4) is 0 Å². The van der Waals surface area contributed by atoms with E-state index in [0.29, 0.717) is 0 Å². The molecular weight excluding hydrogens is 224 g/mol. The molecule has 18 heavy (non-hydrogen) atoms. The van der Waals surface area contributed by atoms with Crippen LogP contribution in [0.5, 0.6) is 0 Å². The molecule has 2 aliphatic rings. The van der Waals surface area contributed by atoms with E-state index in [2.05, 4.69) is 22.3 Å². The Balaban J connectivity index is 1.80. The third-order valence-corrected chi connectivity index (χ3v) is 3.98. The molecule has 0 saturated heterocycles. The molecular formula is C15H20N2O. The molecule has 0 aromatic heterocycles. The van der Waals surface area contributed by atoms with E-state index in [1.54, 1.807) is 11.3 Å². The third-order valence-electron chi connectivity index (χ3n) is 3.98. The Morgan fingerprint density at radius 1 is 1.06 bits per heavy atom. The van der Waals surface area contributed by atoms with Crippen LogP contribution < -0.4 is 10.2 Å². The fourth-order valence-corrected chi connectivity index (χ4v) is 3.06. The van der Waals surface area contributed by atoms with Crippen molar-refractivity contribution >= 4 is 11.4 Å². The molecule has 0 amide bonds. The van der Waals surface area contributed by atoms with Gasteiger partial charge in [0.2, 0.25) is 0 Å². The molecule has 0 unspecified atom stereocenters. The maximum Gasteiger partial charge on any atom is 0.113 e. The molecule has 3 heteroatoms. The third kappa shape index (κ3) is 2.10. The van der Waals surface area contributed by atoms with Crippen LogP contribution in [0.4, 0.5) is 11.4 Å². The highest BCUT2D eigenvalue weighted by Crippen LogP contribution is 2.37. The number of aliphatic hydroxyl groups excluding tert-OH is 1. The number of rotatable bonds is 3. The minimum Gasteiger partial charge on any atom is -0.377 e. The predicted molar refractivity (Wildman–Crippen MR) is 74.6 cm³/mol. The van der Waals surface area contributed by atoms with Crippen molar-refractivity contribution in [1.82, 2.24) is 0 Å². The van der Waals surface area contributed by atoms with Gasteiger partial charge in [-0.15, -0.1) is 0 Å². The molecule has 0 saturated carbocycles. The van der Waals surface area contributed by atoms with Gasteiger partial charge in [0.1, 0.15) is 6.73 Å². The van der Waals surface area contributed by atoms with Crippen LogP contribution in [0.3, 0.4) is 0 Å². The summed E-state index contributed by atoms with van der Waals surface area (Å²) in [6.45, 7) is 1.12. The molecule has 3 nitrogen and oxygen atoms in total. The Hall–Kier alpha value is -1.48. The van der Waals surface area contributed by atoms with Gasteiger partial charge in [0.25, 0.3) is 0 Å². The van der Waals surface area contributed by atoms with Gasteiger partial charge in [0, 0.05) is 23.6 Å². The van der Waals surface area contributed by atoms with Crippen LogP contribution in [0.1, 0.15) is 32.1 Å². The first-order valence-corrected chi connectivity index (χ1v) is 6.82. The van der Waals surface area contributed by atoms with Gasteiger partial charge in [-0.25, -0.2) is 0 Å². The summed E-state index contributed by atoms with van der Waals surface area (Å²) in [5.74, 6) is 0. The lowest BCUT2D eigenvalue weighted by molar-refractivity contribution is 0.325. The van der Waals surface area contributed by atoms with Crippen LogP contribution in [0.25, 0.3) is 0 Å². The topological polar surface area (TPSA) is 35.5 Å². The molecule has 3 rings (SSSR count). The van der Waals surface area contributed by atoms with Crippen molar-refractivity contribution in [2.75, 3.05) is 23.5 Å². The number of nitrogens with one attached hydrogen (secondary N) is 1. The molecule has 1 aromatic carbocycles. The highest BCUT2D eigenvalue weighted by molar-refractivity contribution is 5.60. The number of hydrogen-bond donors (Lipinski definition) is 2. The van der Waals surface area contributed by atoms with Crippen molar-refractivity contribution in [2.24, 2.45) is 0 Å².